The maximum Gasteiger partial charge on any atom is 0.141 e. The van der Waals surface area contributed by atoms with Gasteiger partial charge in [0.2, 0.25) is 0 Å². The van der Waals surface area contributed by atoms with E-state index in [1.807, 2.05) is 18.5 Å². The minimum Gasteiger partial charge on any atom is -0.326 e. The first-order chi connectivity index (χ1) is 9.70. The van der Waals surface area contributed by atoms with Gasteiger partial charge in [0.15, 0.2) is 0 Å². The lowest BCUT2D eigenvalue weighted by Gasteiger charge is -2.13. The van der Waals surface area contributed by atoms with E-state index in [0.717, 1.165) is 28.0 Å². The molecule has 2 heterocycles. The predicted octanol–water partition coefficient (Wildman–Crippen LogP) is 3.14. The Labute approximate surface area is 118 Å². The third-order valence-electron chi connectivity index (χ3n) is 3.46. The standard InChI is InChI=1S/C16H18N4/c1-11(2)20-15-7-8-18-10-14(15)19-16(20)13-5-3-12(9-17)4-6-13/h3-8,10-11H,9,17H2,1-2H3. The Morgan fingerprint density at radius 2 is 1.90 bits per heavy atom. The Kier molecular flexibility index (Phi) is 3.24. The molecule has 20 heavy (non-hydrogen) atoms. The molecule has 0 amide bonds. The lowest BCUT2D eigenvalue weighted by atomic mass is 10.1. The molecule has 0 radical (unpaired) electrons. The second kappa shape index (κ2) is 5.06. The zero-order chi connectivity index (χ0) is 14.1. The summed E-state index contributed by atoms with van der Waals surface area (Å²) in [6.45, 7) is 4.89. The van der Waals surface area contributed by atoms with Gasteiger partial charge < -0.3 is 10.3 Å². The summed E-state index contributed by atoms with van der Waals surface area (Å²) >= 11 is 0. The van der Waals surface area contributed by atoms with Gasteiger partial charge >= 0.3 is 0 Å². The molecule has 102 valence electrons. The third-order valence-corrected chi connectivity index (χ3v) is 3.46. The number of benzene rings is 1. The normalized spacial score (nSPS) is 11.4. The van der Waals surface area contributed by atoms with Crippen molar-refractivity contribution >= 4 is 11.0 Å². The molecule has 3 aromatic rings. The van der Waals surface area contributed by atoms with Crippen molar-refractivity contribution in [2.45, 2.75) is 26.4 Å². The van der Waals surface area contributed by atoms with E-state index in [1.54, 1.807) is 0 Å². The van der Waals surface area contributed by atoms with Crippen LogP contribution in [-0.2, 0) is 6.54 Å². The Bertz CT molecular complexity index is 726. The zero-order valence-electron chi connectivity index (χ0n) is 11.7. The molecular formula is C16H18N4. The summed E-state index contributed by atoms with van der Waals surface area (Å²) in [5.74, 6) is 0.978. The summed E-state index contributed by atoms with van der Waals surface area (Å²) in [7, 11) is 0. The monoisotopic (exact) mass is 266 g/mol. The average Bonchev–Trinajstić information content (AvgIpc) is 2.86. The Balaban J connectivity index is 2.21. The summed E-state index contributed by atoms with van der Waals surface area (Å²) in [5.41, 5.74) is 9.93. The Morgan fingerprint density at radius 3 is 2.55 bits per heavy atom. The maximum absolute atomic E-state index is 5.65. The average molecular weight is 266 g/mol. The smallest absolute Gasteiger partial charge is 0.141 e. The first-order valence-electron chi connectivity index (χ1n) is 6.82. The molecule has 4 heteroatoms. The molecule has 0 saturated carbocycles. The molecular weight excluding hydrogens is 248 g/mol. The third kappa shape index (κ3) is 2.08. The van der Waals surface area contributed by atoms with Gasteiger partial charge in [0, 0.05) is 24.3 Å². The van der Waals surface area contributed by atoms with Crippen LogP contribution in [0.25, 0.3) is 22.4 Å². The quantitative estimate of drug-likeness (QED) is 0.792. The molecule has 2 aromatic heterocycles. The van der Waals surface area contributed by atoms with Gasteiger partial charge in [0.25, 0.3) is 0 Å². The number of hydrogen-bond acceptors (Lipinski definition) is 3. The molecule has 0 saturated heterocycles. The maximum atomic E-state index is 5.65. The van der Waals surface area contributed by atoms with Gasteiger partial charge in [-0.05, 0) is 25.5 Å². The Morgan fingerprint density at radius 1 is 1.15 bits per heavy atom. The molecule has 0 unspecified atom stereocenters. The molecule has 0 fully saturated rings. The van der Waals surface area contributed by atoms with Crippen LogP contribution in [0.15, 0.2) is 42.7 Å². The largest absolute Gasteiger partial charge is 0.326 e. The summed E-state index contributed by atoms with van der Waals surface area (Å²) in [5, 5.41) is 0. The SMILES string of the molecule is CC(C)n1c(-c2ccc(CN)cc2)nc2cnccc21. The number of nitrogens with zero attached hydrogens (tertiary/aromatic N) is 3. The van der Waals surface area contributed by atoms with E-state index in [9.17, 15) is 0 Å². The Hall–Kier alpha value is -2.20. The molecule has 2 N–H and O–H groups in total. The fourth-order valence-electron chi connectivity index (χ4n) is 2.47. The molecule has 0 atom stereocenters. The highest BCUT2D eigenvalue weighted by atomic mass is 15.1. The molecule has 0 aliphatic carbocycles. The fraction of sp³-hybridized carbons (Fsp3) is 0.250. The van der Waals surface area contributed by atoms with Crippen molar-refractivity contribution in [3.05, 3.63) is 48.3 Å². The van der Waals surface area contributed by atoms with Crippen molar-refractivity contribution in [1.82, 2.24) is 14.5 Å². The molecule has 0 aliphatic rings. The van der Waals surface area contributed by atoms with Crippen LogP contribution in [0.4, 0.5) is 0 Å². The van der Waals surface area contributed by atoms with Gasteiger partial charge in [0.05, 0.1) is 11.7 Å². The topological polar surface area (TPSA) is 56.7 Å². The van der Waals surface area contributed by atoms with E-state index in [2.05, 4.69) is 47.7 Å². The van der Waals surface area contributed by atoms with Gasteiger partial charge in [-0.3, -0.25) is 4.98 Å². The van der Waals surface area contributed by atoms with E-state index < -0.39 is 0 Å². The summed E-state index contributed by atoms with van der Waals surface area (Å²) in [4.78, 5) is 8.88. The first-order valence-corrected chi connectivity index (χ1v) is 6.82. The van der Waals surface area contributed by atoms with Gasteiger partial charge in [-0.25, -0.2) is 4.98 Å². The van der Waals surface area contributed by atoms with Crippen molar-refractivity contribution in [2.24, 2.45) is 5.73 Å². The van der Waals surface area contributed by atoms with Crippen LogP contribution in [0.2, 0.25) is 0 Å². The highest BCUT2D eigenvalue weighted by Crippen LogP contribution is 2.27. The molecule has 1 aromatic carbocycles. The van der Waals surface area contributed by atoms with E-state index >= 15 is 0 Å². The minimum absolute atomic E-state index is 0.339. The lowest BCUT2D eigenvalue weighted by Crippen LogP contribution is -2.03. The first kappa shape index (κ1) is 12.8. The van der Waals surface area contributed by atoms with E-state index in [4.69, 9.17) is 10.7 Å². The van der Waals surface area contributed by atoms with Gasteiger partial charge in [0.1, 0.15) is 11.3 Å². The van der Waals surface area contributed by atoms with Crippen LogP contribution in [0.1, 0.15) is 25.5 Å². The van der Waals surface area contributed by atoms with E-state index in [0.29, 0.717) is 12.6 Å². The lowest BCUT2D eigenvalue weighted by molar-refractivity contribution is 0.624. The van der Waals surface area contributed by atoms with Gasteiger partial charge in [-0.1, -0.05) is 24.3 Å². The van der Waals surface area contributed by atoms with Crippen LogP contribution >= 0.6 is 0 Å². The van der Waals surface area contributed by atoms with Crippen molar-refractivity contribution in [1.29, 1.82) is 0 Å². The number of nitrogens with two attached hydrogens (primary N) is 1. The molecule has 0 aliphatic heterocycles. The van der Waals surface area contributed by atoms with Crippen LogP contribution in [0, 0.1) is 0 Å². The number of fused-ring (bicyclic) bond motifs is 1. The highest BCUT2D eigenvalue weighted by Gasteiger charge is 2.14. The van der Waals surface area contributed by atoms with Crippen molar-refractivity contribution in [3.63, 3.8) is 0 Å². The number of rotatable bonds is 3. The zero-order valence-corrected chi connectivity index (χ0v) is 11.7. The molecule has 0 spiro atoms. The minimum atomic E-state index is 0.339. The van der Waals surface area contributed by atoms with Crippen molar-refractivity contribution in [2.75, 3.05) is 0 Å². The summed E-state index contributed by atoms with van der Waals surface area (Å²) in [6.07, 6.45) is 3.62. The number of imidazole rings is 1. The van der Waals surface area contributed by atoms with Crippen LogP contribution < -0.4 is 5.73 Å². The number of hydrogen-bond donors (Lipinski definition) is 1. The fourth-order valence-corrected chi connectivity index (χ4v) is 2.47. The van der Waals surface area contributed by atoms with Crippen LogP contribution in [0.5, 0.6) is 0 Å². The second-order valence-electron chi connectivity index (χ2n) is 5.16. The van der Waals surface area contributed by atoms with E-state index in [1.165, 1.54) is 0 Å². The summed E-state index contributed by atoms with van der Waals surface area (Å²) < 4.78 is 2.24. The van der Waals surface area contributed by atoms with Crippen LogP contribution in [0.3, 0.4) is 0 Å². The predicted molar refractivity (Wildman–Crippen MR) is 81.2 cm³/mol. The molecule has 3 rings (SSSR count). The second-order valence-corrected chi connectivity index (χ2v) is 5.16. The number of aromatic nitrogens is 3. The highest BCUT2D eigenvalue weighted by molar-refractivity contribution is 5.80. The van der Waals surface area contributed by atoms with Crippen molar-refractivity contribution < 1.29 is 0 Å². The molecule has 0 bridgehead atoms. The molecule has 4 nitrogen and oxygen atoms in total. The van der Waals surface area contributed by atoms with Gasteiger partial charge in [-0.15, -0.1) is 0 Å². The van der Waals surface area contributed by atoms with Gasteiger partial charge in [-0.2, -0.15) is 0 Å². The van der Waals surface area contributed by atoms with E-state index in [-0.39, 0.29) is 0 Å². The van der Waals surface area contributed by atoms with Crippen molar-refractivity contribution in [3.8, 4) is 11.4 Å². The van der Waals surface area contributed by atoms with Crippen LogP contribution in [-0.4, -0.2) is 14.5 Å². The summed E-state index contributed by atoms with van der Waals surface area (Å²) in [6, 6.07) is 10.6. The number of pyridine rings is 1.